The van der Waals surface area contributed by atoms with E-state index in [1.165, 1.54) is 0 Å². The van der Waals surface area contributed by atoms with E-state index in [2.05, 4.69) is 44.2 Å². The van der Waals surface area contributed by atoms with Gasteiger partial charge in [-0.15, -0.1) is 0 Å². The summed E-state index contributed by atoms with van der Waals surface area (Å²) in [5.41, 5.74) is 2.89. The highest BCUT2D eigenvalue weighted by Crippen LogP contribution is 2.04. The van der Waals surface area contributed by atoms with E-state index < -0.39 is 0 Å². The van der Waals surface area contributed by atoms with Crippen molar-refractivity contribution < 1.29 is 4.21 Å². The molecular weight excluding hydrogens is 160 g/mol. The van der Waals surface area contributed by atoms with Crippen LogP contribution in [-0.2, 0) is 12.8 Å². The highest BCUT2D eigenvalue weighted by atomic mass is 32.1. The SMILES string of the molecule is CCC(NN=[N+](N)[S-])C(C)C. The van der Waals surface area contributed by atoms with Crippen molar-refractivity contribution in [3.63, 3.8) is 0 Å². The average molecular weight is 176 g/mol. The molecule has 0 radical (unpaired) electrons. The van der Waals surface area contributed by atoms with Crippen LogP contribution >= 0.6 is 0 Å². The standard InChI is InChI=1S/C6H16N4S/c1-4-6(5(2)3)8-9-10(7)11/h5-6,8H,4H2,1-3H3,(H2,7,9). The van der Waals surface area contributed by atoms with Crippen molar-refractivity contribution in [3.05, 3.63) is 0 Å². The van der Waals surface area contributed by atoms with E-state index in [-0.39, 0.29) is 0 Å². The summed E-state index contributed by atoms with van der Waals surface area (Å²) in [6, 6.07) is 0.351. The van der Waals surface area contributed by atoms with E-state index in [4.69, 9.17) is 5.84 Å². The third kappa shape index (κ3) is 4.78. The average Bonchev–Trinajstić information content (AvgIpc) is 1.87. The summed E-state index contributed by atoms with van der Waals surface area (Å²) < 4.78 is 0.866. The van der Waals surface area contributed by atoms with Crippen molar-refractivity contribution in [2.75, 3.05) is 0 Å². The molecule has 0 aliphatic carbocycles. The molecule has 0 aromatic heterocycles. The van der Waals surface area contributed by atoms with Crippen LogP contribution in [-0.4, -0.2) is 10.3 Å². The van der Waals surface area contributed by atoms with Crippen LogP contribution in [0.5, 0.6) is 0 Å². The van der Waals surface area contributed by atoms with Crippen LogP contribution in [0.4, 0.5) is 0 Å². The smallest absolute Gasteiger partial charge is 0.117 e. The monoisotopic (exact) mass is 176 g/mol. The molecule has 0 aromatic rings. The van der Waals surface area contributed by atoms with Gasteiger partial charge in [0.1, 0.15) is 6.04 Å². The Bertz CT molecular complexity index is 131. The molecule has 0 heterocycles. The molecule has 4 nitrogen and oxygen atoms in total. The van der Waals surface area contributed by atoms with Gasteiger partial charge < -0.3 is 12.8 Å². The Labute approximate surface area is 73.3 Å². The Balaban J connectivity index is 3.79. The summed E-state index contributed by atoms with van der Waals surface area (Å²) in [6.07, 6.45) is 1.02. The van der Waals surface area contributed by atoms with Crippen LogP contribution in [0.1, 0.15) is 27.2 Å². The molecule has 0 aliphatic heterocycles. The lowest BCUT2D eigenvalue weighted by Gasteiger charge is -2.12. The van der Waals surface area contributed by atoms with Gasteiger partial charge in [0.15, 0.2) is 0 Å². The number of rotatable bonds is 4. The molecule has 0 saturated heterocycles. The highest BCUT2D eigenvalue weighted by Gasteiger charge is 2.13. The molecule has 5 heteroatoms. The summed E-state index contributed by atoms with van der Waals surface area (Å²) in [5.74, 6) is 5.65. The maximum absolute atomic E-state index is 5.11. The number of hydrogen-bond acceptors (Lipinski definition) is 2. The van der Waals surface area contributed by atoms with Crippen LogP contribution in [0.25, 0.3) is 0 Å². The first-order valence-corrected chi connectivity index (χ1v) is 4.12. The van der Waals surface area contributed by atoms with Gasteiger partial charge in [0, 0.05) is 0 Å². The molecule has 0 fully saturated rings. The van der Waals surface area contributed by atoms with Crippen molar-refractivity contribution >= 4 is 12.8 Å². The zero-order valence-corrected chi connectivity index (χ0v) is 8.06. The maximum atomic E-state index is 5.11. The largest absolute Gasteiger partial charge is 0.502 e. The Morgan fingerprint density at radius 1 is 1.64 bits per heavy atom. The van der Waals surface area contributed by atoms with Gasteiger partial charge in [-0.1, -0.05) is 20.8 Å². The van der Waals surface area contributed by atoms with Crippen LogP contribution in [0.15, 0.2) is 5.22 Å². The number of nitrogens with two attached hydrogens (primary N) is 1. The first-order valence-electron chi connectivity index (χ1n) is 3.76. The van der Waals surface area contributed by atoms with Crippen molar-refractivity contribution in [2.45, 2.75) is 33.2 Å². The van der Waals surface area contributed by atoms with Gasteiger partial charge in [-0.2, -0.15) is 9.64 Å². The molecule has 66 valence electrons. The second-order valence-electron chi connectivity index (χ2n) is 2.79. The van der Waals surface area contributed by atoms with Gasteiger partial charge in [0.25, 0.3) is 0 Å². The van der Waals surface area contributed by atoms with Crippen molar-refractivity contribution in [2.24, 2.45) is 17.0 Å². The summed E-state index contributed by atoms with van der Waals surface area (Å²) >= 11 is 4.51. The normalized spacial score (nSPS) is 15.1. The minimum absolute atomic E-state index is 0.351. The molecule has 1 unspecified atom stereocenters. The molecule has 0 spiro atoms. The Hall–Kier alpha value is -0.580. The molecule has 0 rings (SSSR count). The quantitative estimate of drug-likeness (QED) is 0.218. The van der Waals surface area contributed by atoms with Crippen molar-refractivity contribution in [1.29, 1.82) is 0 Å². The van der Waals surface area contributed by atoms with Gasteiger partial charge in [0.2, 0.25) is 0 Å². The molecule has 11 heavy (non-hydrogen) atoms. The summed E-state index contributed by atoms with van der Waals surface area (Å²) in [7, 11) is 0. The van der Waals surface area contributed by atoms with Crippen molar-refractivity contribution in [1.82, 2.24) is 5.43 Å². The van der Waals surface area contributed by atoms with Gasteiger partial charge in [-0.25, -0.2) is 0 Å². The molecule has 0 aliphatic rings. The van der Waals surface area contributed by atoms with Gasteiger partial charge in [-0.3, -0.25) is 5.84 Å². The molecule has 3 N–H and O–H groups in total. The fourth-order valence-electron chi connectivity index (χ4n) is 0.843. The van der Waals surface area contributed by atoms with E-state index >= 15 is 0 Å². The van der Waals surface area contributed by atoms with Crippen LogP contribution in [0.2, 0.25) is 0 Å². The zero-order valence-electron chi connectivity index (χ0n) is 7.24. The molecule has 0 bridgehead atoms. The topological polar surface area (TPSA) is 53.4 Å². The lowest BCUT2D eigenvalue weighted by molar-refractivity contribution is -0.444. The lowest BCUT2D eigenvalue weighted by atomic mass is 10.0. The third-order valence-corrected chi connectivity index (χ3v) is 1.65. The number of hydrogen-bond donors (Lipinski definition) is 2. The third-order valence-electron chi connectivity index (χ3n) is 1.57. The van der Waals surface area contributed by atoms with E-state index in [0.717, 1.165) is 10.6 Å². The Morgan fingerprint density at radius 2 is 2.18 bits per heavy atom. The predicted molar refractivity (Wildman–Crippen MR) is 46.3 cm³/mol. The summed E-state index contributed by atoms with van der Waals surface area (Å²) in [6.45, 7) is 6.35. The first kappa shape index (κ1) is 10.4. The minimum atomic E-state index is 0.351. The fraction of sp³-hybridized carbons (Fsp3) is 1.00. The number of nitrogens with one attached hydrogen (secondary N) is 1. The highest BCUT2D eigenvalue weighted by molar-refractivity contribution is 7.51. The van der Waals surface area contributed by atoms with Gasteiger partial charge in [0.05, 0.1) is 5.22 Å². The molecule has 0 saturated carbocycles. The predicted octanol–water partition coefficient (Wildman–Crippen LogP) is 0.726. The molecule has 0 aromatic carbocycles. The van der Waals surface area contributed by atoms with Crippen LogP contribution in [0.3, 0.4) is 0 Å². The fourth-order valence-corrected chi connectivity index (χ4v) is 0.890. The Kier molecular flexibility index (Phi) is 4.85. The Morgan fingerprint density at radius 3 is 2.45 bits per heavy atom. The van der Waals surface area contributed by atoms with Crippen LogP contribution in [0, 0.1) is 5.92 Å². The van der Waals surface area contributed by atoms with Crippen molar-refractivity contribution in [3.8, 4) is 0 Å². The van der Waals surface area contributed by atoms with E-state index in [1.54, 1.807) is 0 Å². The molecule has 1 atom stereocenters. The van der Waals surface area contributed by atoms with E-state index in [0.29, 0.717) is 12.0 Å². The second-order valence-corrected chi connectivity index (χ2v) is 3.16. The summed E-state index contributed by atoms with van der Waals surface area (Å²) in [4.78, 5) is 0. The van der Waals surface area contributed by atoms with E-state index in [9.17, 15) is 0 Å². The minimum Gasteiger partial charge on any atom is -0.502 e. The maximum Gasteiger partial charge on any atom is 0.117 e. The number of nitrogens with zero attached hydrogens (tertiary/aromatic N) is 2. The summed E-state index contributed by atoms with van der Waals surface area (Å²) in [5, 5.41) is 3.69. The first-order chi connectivity index (χ1) is 5.07. The van der Waals surface area contributed by atoms with Gasteiger partial charge >= 0.3 is 0 Å². The number of hydrazine groups is 1. The zero-order chi connectivity index (χ0) is 8.85. The van der Waals surface area contributed by atoms with E-state index in [1.807, 2.05) is 0 Å². The second kappa shape index (κ2) is 5.12. The lowest BCUT2D eigenvalue weighted by Crippen LogP contribution is -2.31. The van der Waals surface area contributed by atoms with Gasteiger partial charge in [-0.05, 0) is 12.3 Å². The van der Waals surface area contributed by atoms with Crippen LogP contribution < -0.4 is 11.3 Å². The molecular formula is C6H16N4S. The molecule has 0 amide bonds.